The molecule has 0 bridgehead atoms. The number of rotatable bonds is 3. The Morgan fingerprint density at radius 2 is 2.00 bits per heavy atom. The smallest absolute Gasteiger partial charge is 0.111 e. The van der Waals surface area contributed by atoms with Crippen LogP contribution in [0.15, 0.2) is 0 Å². The summed E-state index contributed by atoms with van der Waals surface area (Å²) in [6.45, 7) is 6.00. The summed E-state index contributed by atoms with van der Waals surface area (Å²) in [7, 11) is 0. The molecule has 0 aliphatic heterocycles. The topological polar surface area (TPSA) is 61.3 Å². The van der Waals surface area contributed by atoms with E-state index < -0.39 is 5.72 Å². The first kappa shape index (κ1) is 8.88. The fourth-order valence-electron chi connectivity index (χ4n) is 0.346. The minimum atomic E-state index is -0.548. The van der Waals surface area contributed by atoms with Crippen LogP contribution < -0.4 is 11.5 Å². The third-order valence-electron chi connectivity index (χ3n) is 0.718. The lowest BCUT2D eigenvalue weighted by Crippen LogP contribution is -2.39. The van der Waals surface area contributed by atoms with Gasteiger partial charge in [0, 0.05) is 6.04 Å². The van der Waals surface area contributed by atoms with Gasteiger partial charge in [-0.3, -0.25) is 0 Å². The average Bonchev–Trinajstić information content (AvgIpc) is 1.59. The van der Waals surface area contributed by atoms with E-state index in [4.69, 9.17) is 16.2 Å². The molecule has 0 aromatic rings. The van der Waals surface area contributed by atoms with Crippen LogP contribution in [-0.2, 0) is 4.74 Å². The number of hydrogen-bond acceptors (Lipinski definition) is 3. The van der Waals surface area contributed by atoms with E-state index in [-0.39, 0.29) is 6.04 Å². The monoisotopic (exact) mass is 132 g/mol. The second kappa shape index (κ2) is 3.15. The highest BCUT2D eigenvalue weighted by Gasteiger charge is 2.10. The summed E-state index contributed by atoms with van der Waals surface area (Å²) < 4.78 is 5.14. The zero-order valence-electron chi connectivity index (χ0n) is 6.35. The van der Waals surface area contributed by atoms with E-state index in [1.54, 1.807) is 13.8 Å². The van der Waals surface area contributed by atoms with Crippen molar-refractivity contribution >= 4 is 0 Å². The molecule has 9 heavy (non-hydrogen) atoms. The van der Waals surface area contributed by atoms with E-state index in [0.717, 1.165) is 0 Å². The second-order valence-corrected chi connectivity index (χ2v) is 2.89. The van der Waals surface area contributed by atoms with Crippen molar-refractivity contribution in [2.24, 2.45) is 11.5 Å². The van der Waals surface area contributed by atoms with Crippen LogP contribution in [0, 0.1) is 0 Å². The normalized spacial score (nSPS) is 15.7. The highest BCUT2D eigenvalue weighted by Crippen LogP contribution is 1.98. The summed E-state index contributed by atoms with van der Waals surface area (Å²) in [6.07, 6.45) is 0. The fraction of sp³-hybridized carbons (Fsp3) is 1.00. The van der Waals surface area contributed by atoms with Crippen molar-refractivity contribution in [2.75, 3.05) is 6.61 Å². The van der Waals surface area contributed by atoms with Crippen molar-refractivity contribution < 1.29 is 4.74 Å². The molecule has 1 unspecified atom stereocenters. The van der Waals surface area contributed by atoms with E-state index in [9.17, 15) is 0 Å². The van der Waals surface area contributed by atoms with Crippen molar-refractivity contribution in [3.8, 4) is 0 Å². The number of hydrogen-bond donors (Lipinski definition) is 2. The largest absolute Gasteiger partial charge is 0.360 e. The lowest BCUT2D eigenvalue weighted by Gasteiger charge is -2.20. The maximum absolute atomic E-state index is 5.51. The van der Waals surface area contributed by atoms with Gasteiger partial charge in [0.05, 0.1) is 6.61 Å². The highest BCUT2D eigenvalue weighted by atomic mass is 16.5. The molecule has 3 nitrogen and oxygen atoms in total. The molecule has 0 spiro atoms. The van der Waals surface area contributed by atoms with Crippen LogP contribution in [0.25, 0.3) is 0 Å². The Morgan fingerprint density at radius 3 is 2.11 bits per heavy atom. The summed E-state index contributed by atoms with van der Waals surface area (Å²) in [4.78, 5) is 0. The van der Waals surface area contributed by atoms with Crippen molar-refractivity contribution in [1.29, 1.82) is 0 Å². The van der Waals surface area contributed by atoms with Crippen LogP contribution in [0.2, 0.25) is 0 Å². The Hall–Kier alpha value is -0.120. The van der Waals surface area contributed by atoms with Crippen molar-refractivity contribution in [3.63, 3.8) is 0 Å². The zero-order chi connectivity index (χ0) is 7.49. The Bertz CT molecular complexity index is 75.6. The second-order valence-electron chi connectivity index (χ2n) is 2.89. The van der Waals surface area contributed by atoms with E-state index >= 15 is 0 Å². The van der Waals surface area contributed by atoms with Gasteiger partial charge in [-0.2, -0.15) is 0 Å². The first-order valence-corrected chi connectivity index (χ1v) is 3.10. The maximum atomic E-state index is 5.51. The van der Waals surface area contributed by atoms with E-state index in [1.807, 2.05) is 6.92 Å². The number of ether oxygens (including phenoxy) is 1. The molecular weight excluding hydrogens is 116 g/mol. The molecule has 0 aliphatic rings. The molecule has 3 heteroatoms. The van der Waals surface area contributed by atoms with Gasteiger partial charge in [-0.25, -0.2) is 0 Å². The van der Waals surface area contributed by atoms with Crippen molar-refractivity contribution in [3.05, 3.63) is 0 Å². The molecule has 0 saturated heterocycles. The van der Waals surface area contributed by atoms with E-state index in [2.05, 4.69) is 0 Å². The van der Waals surface area contributed by atoms with Crippen molar-refractivity contribution in [2.45, 2.75) is 32.5 Å². The summed E-state index contributed by atoms with van der Waals surface area (Å²) in [5.74, 6) is 0. The minimum absolute atomic E-state index is 0.0628. The molecule has 0 fully saturated rings. The van der Waals surface area contributed by atoms with Gasteiger partial charge in [-0.15, -0.1) is 0 Å². The van der Waals surface area contributed by atoms with Gasteiger partial charge in [-0.1, -0.05) is 0 Å². The molecular formula is C6H16N2O. The first-order valence-electron chi connectivity index (χ1n) is 3.10. The molecule has 0 saturated carbocycles. The Morgan fingerprint density at radius 1 is 1.56 bits per heavy atom. The summed E-state index contributed by atoms with van der Waals surface area (Å²) in [6, 6.07) is 0.0628. The van der Waals surface area contributed by atoms with Gasteiger partial charge in [0.2, 0.25) is 0 Å². The summed E-state index contributed by atoms with van der Waals surface area (Å²) in [5.41, 5.74) is 10.4. The molecule has 0 rings (SSSR count). The molecule has 0 aliphatic carbocycles. The third-order valence-corrected chi connectivity index (χ3v) is 0.718. The first-order chi connectivity index (χ1) is 3.92. The van der Waals surface area contributed by atoms with Gasteiger partial charge in [0.25, 0.3) is 0 Å². The summed E-state index contributed by atoms with van der Waals surface area (Å²) in [5, 5.41) is 0. The van der Waals surface area contributed by atoms with Gasteiger partial charge in [0.1, 0.15) is 5.72 Å². The lowest BCUT2D eigenvalue weighted by molar-refractivity contribution is -0.0173. The molecule has 0 radical (unpaired) electrons. The van der Waals surface area contributed by atoms with Crippen molar-refractivity contribution in [1.82, 2.24) is 0 Å². The van der Waals surface area contributed by atoms with E-state index in [1.165, 1.54) is 0 Å². The van der Waals surface area contributed by atoms with Gasteiger partial charge in [-0.05, 0) is 20.8 Å². The molecule has 56 valence electrons. The zero-order valence-corrected chi connectivity index (χ0v) is 6.35. The Balaban J connectivity index is 3.28. The molecule has 0 heterocycles. The van der Waals surface area contributed by atoms with Crippen LogP contribution >= 0.6 is 0 Å². The van der Waals surface area contributed by atoms with Crippen LogP contribution in [0.4, 0.5) is 0 Å². The molecule has 0 amide bonds. The van der Waals surface area contributed by atoms with Crippen LogP contribution in [0.3, 0.4) is 0 Å². The standard InChI is InChI=1S/C6H16N2O/c1-5(7)4-9-6(2,3)8/h5H,4,7-8H2,1-3H3. The van der Waals surface area contributed by atoms with Crippen LogP contribution in [0.1, 0.15) is 20.8 Å². The van der Waals surface area contributed by atoms with Gasteiger partial charge in [0.15, 0.2) is 0 Å². The van der Waals surface area contributed by atoms with Crippen LogP contribution in [0.5, 0.6) is 0 Å². The highest BCUT2D eigenvalue weighted by molar-refractivity contribution is 4.59. The molecule has 0 aromatic heterocycles. The molecule has 1 atom stereocenters. The Labute approximate surface area is 56.4 Å². The van der Waals surface area contributed by atoms with Gasteiger partial charge >= 0.3 is 0 Å². The predicted octanol–water partition coefficient (Wildman–Crippen LogP) is 0.0450. The van der Waals surface area contributed by atoms with Gasteiger partial charge < -0.3 is 16.2 Å². The fourth-order valence-corrected chi connectivity index (χ4v) is 0.346. The summed E-state index contributed by atoms with van der Waals surface area (Å²) >= 11 is 0. The average molecular weight is 132 g/mol. The Kier molecular flexibility index (Phi) is 3.11. The van der Waals surface area contributed by atoms with E-state index in [0.29, 0.717) is 6.61 Å². The SMILES string of the molecule is CC(N)COC(C)(C)N. The number of nitrogens with two attached hydrogens (primary N) is 2. The van der Waals surface area contributed by atoms with Crippen LogP contribution in [-0.4, -0.2) is 18.4 Å². The molecule has 4 N–H and O–H groups in total. The molecule has 0 aromatic carbocycles. The lowest BCUT2D eigenvalue weighted by atomic mass is 10.3. The quantitative estimate of drug-likeness (QED) is 0.533. The minimum Gasteiger partial charge on any atom is -0.360 e. The third kappa shape index (κ3) is 7.88. The maximum Gasteiger partial charge on any atom is 0.111 e. The predicted molar refractivity (Wildman–Crippen MR) is 37.9 cm³/mol.